The Labute approximate surface area is 139 Å². The third-order valence-electron chi connectivity index (χ3n) is 2.64. The maximum Gasteiger partial charge on any atom is 0.360 e. The Bertz CT molecular complexity index is 905. The minimum atomic E-state index is -4.03. The first-order valence-corrected chi connectivity index (χ1v) is 8.63. The van der Waals surface area contributed by atoms with Crippen LogP contribution in [0.1, 0.15) is 5.69 Å². The number of sulfone groups is 1. The predicted molar refractivity (Wildman–Crippen MR) is 83.6 cm³/mol. The van der Waals surface area contributed by atoms with Gasteiger partial charge in [-0.15, -0.1) is 11.3 Å². The summed E-state index contributed by atoms with van der Waals surface area (Å²) in [6, 6.07) is 2.87. The highest BCUT2D eigenvalue weighted by atomic mass is 32.2. The van der Waals surface area contributed by atoms with Crippen molar-refractivity contribution in [3.05, 3.63) is 29.3 Å². The van der Waals surface area contributed by atoms with Crippen molar-refractivity contribution in [2.45, 2.75) is 4.90 Å². The van der Waals surface area contributed by atoms with Crippen LogP contribution in [0.15, 0.2) is 33.6 Å². The van der Waals surface area contributed by atoms with Crippen LogP contribution in [0.25, 0.3) is 0 Å². The van der Waals surface area contributed by atoms with Crippen molar-refractivity contribution in [1.29, 1.82) is 0 Å². The van der Waals surface area contributed by atoms with Gasteiger partial charge in [0.25, 0.3) is 0 Å². The zero-order valence-electron chi connectivity index (χ0n) is 11.8. The number of oxime groups is 1. The van der Waals surface area contributed by atoms with E-state index in [0.29, 0.717) is 0 Å². The van der Waals surface area contributed by atoms with Crippen LogP contribution in [0, 0.1) is 0 Å². The van der Waals surface area contributed by atoms with E-state index in [1.165, 1.54) is 5.38 Å². The normalized spacial score (nSPS) is 12.1. The molecule has 1 aromatic heterocycles. The van der Waals surface area contributed by atoms with Gasteiger partial charge in [0, 0.05) is 11.4 Å². The largest absolute Gasteiger partial charge is 0.504 e. The van der Waals surface area contributed by atoms with Gasteiger partial charge in [0.05, 0.1) is 4.90 Å². The lowest BCUT2D eigenvalue weighted by Gasteiger charge is -2.05. The molecule has 0 fully saturated rings. The minimum Gasteiger partial charge on any atom is -0.504 e. The fraction of sp³-hybridized carbons (Fsp3) is 0.0833. The van der Waals surface area contributed by atoms with Gasteiger partial charge < -0.3 is 25.9 Å². The van der Waals surface area contributed by atoms with Crippen molar-refractivity contribution < 1.29 is 33.4 Å². The highest BCUT2D eigenvalue weighted by Crippen LogP contribution is 2.27. The van der Waals surface area contributed by atoms with Crippen LogP contribution in [0.5, 0.6) is 11.5 Å². The van der Waals surface area contributed by atoms with Crippen molar-refractivity contribution >= 4 is 38.0 Å². The average molecular weight is 373 g/mol. The zero-order valence-corrected chi connectivity index (χ0v) is 13.4. The summed E-state index contributed by atoms with van der Waals surface area (Å²) in [6.45, 7) is 0. The molecule has 128 valence electrons. The van der Waals surface area contributed by atoms with Crippen LogP contribution in [-0.4, -0.2) is 46.3 Å². The van der Waals surface area contributed by atoms with Crippen molar-refractivity contribution in [2.75, 3.05) is 11.7 Å². The van der Waals surface area contributed by atoms with Crippen molar-refractivity contribution in [3.8, 4) is 11.5 Å². The first-order chi connectivity index (χ1) is 11.2. The Balaban J connectivity index is 2.18. The van der Waals surface area contributed by atoms with Crippen LogP contribution >= 0.6 is 11.3 Å². The van der Waals surface area contributed by atoms with E-state index in [0.717, 1.165) is 29.5 Å². The van der Waals surface area contributed by atoms with Gasteiger partial charge in [-0.3, -0.25) is 0 Å². The number of aromatic nitrogens is 1. The summed E-state index contributed by atoms with van der Waals surface area (Å²) < 4.78 is 24.0. The smallest absolute Gasteiger partial charge is 0.360 e. The summed E-state index contributed by atoms with van der Waals surface area (Å²) in [7, 11) is -4.03. The van der Waals surface area contributed by atoms with Gasteiger partial charge in [-0.25, -0.2) is 18.2 Å². The Morgan fingerprint density at radius 3 is 2.58 bits per heavy atom. The fourth-order valence-electron chi connectivity index (χ4n) is 1.52. The molecule has 0 saturated carbocycles. The second-order valence-electron chi connectivity index (χ2n) is 4.33. The number of nitrogens with two attached hydrogens (primary N) is 1. The number of benzene rings is 1. The molecule has 0 aliphatic carbocycles. The van der Waals surface area contributed by atoms with E-state index in [9.17, 15) is 18.3 Å². The van der Waals surface area contributed by atoms with Gasteiger partial charge in [0.1, 0.15) is 5.69 Å². The maximum atomic E-state index is 12.0. The van der Waals surface area contributed by atoms with E-state index in [4.69, 9.17) is 15.9 Å². The number of nitrogen functional groups attached to an aromatic ring is 1. The lowest BCUT2D eigenvalue weighted by Crippen LogP contribution is -2.17. The van der Waals surface area contributed by atoms with Crippen molar-refractivity contribution in [1.82, 2.24) is 4.98 Å². The standard InChI is InChI=1S/C12H11N3O7S2/c13-12-14-7(4-23-12)10(11(18)19)15-22-5-24(20,21)6-1-2-8(16)9(17)3-6/h1-4,16-17H,5H2,(H2,13,14)(H,18,19). The number of hydrogen-bond donors (Lipinski definition) is 4. The summed E-state index contributed by atoms with van der Waals surface area (Å²) in [6.07, 6.45) is 0. The number of anilines is 1. The molecular formula is C12H11N3O7S2. The number of aromatic hydroxyl groups is 2. The fourth-order valence-corrected chi connectivity index (χ4v) is 2.96. The Kier molecular flexibility index (Phi) is 4.90. The number of carboxylic acids is 1. The van der Waals surface area contributed by atoms with Crippen LogP contribution in [0.2, 0.25) is 0 Å². The summed E-state index contributed by atoms with van der Waals surface area (Å²) in [4.78, 5) is 19.1. The molecule has 1 aromatic carbocycles. The van der Waals surface area contributed by atoms with E-state index in [2.05, 4.69) is 15.0 Å². The second kappa shape index (κ2) is 6.72. The lowest BCUT2D eigenvalue weighted by molar-refractivity contribution is -0.129. The predicted octanol–water partition coefficient (Wildman–Crippen LogP) is 0.373. The van der Waals surface area contributed by atoms with E-state index in [-0.39, 0.29) is 15.7 Å². The molecule has 2 rings (SSSR count). The molecule has 0 amide bonds. The molecule has 0 atom stereocenters. The maximum absolute atomic E-state index is 12.0. The summed E-state index contributed by atoms with van der Waals surface area (Å²) in [5, 5.41) is 32.3. The molecule has 0 unspecified atom stereocenters. The van der Waals surface area contributed by atoms with Crippen LogP contribution in [-0.2, 0) is 19.5 Å². The molecule has 0 bridgehead atoms. The van der Waals surface area contributed by atoms with E-state index in [1.54, 1.807) is 0 Å². The average Bonchev–Trinajstić information content (AvgIpc) is 2.92. The SMILES string of the molecule is Nc1nc(C(=NOCS(=O)(=O)c2ccc(O)c(O)c2)C(=O)O)cs1. The highest BCUT2D eigenvalue weighted by molar-refractivity contribution is 7.91. The Morgan fingerprint density at radius 1 is 1.33 bits per heavy atom. The summed E-state index contributed by atoms with van der Waals surface area (Å²) in [5.74, 6) is -3.56. The molecule has 2 aromatic rings. The first-order valence-electron chi connectivity index (χ1n) is 6.10. The monoisotopic (exact) mass is 373 g/mol. The molecule has 12 heteroatoms. The van der Waals surface area contributed by atoms with Gasteiger partial charge in [0.2, 0.25) is 21.5 Å². The van der Waals surface area contributed by atoms with Crippen LogP contribution < -0.4 is 5.73 Å². The molecule has 0 aliphatic heterocycles. The minimum absolute atomic E-state index is 0.0651. The molecule has 5 N–H and O–H groups in total. The number of thiazole rings is 1. The Hall–Kier alpha value is -2.86. The molecule has 24 heavy (non-hydrogen) atoms. The van der Waals surface area contributed by atoms with Crippen LogP contribution in [0.4, 0.5) is 5.13 Å². The molecule has 0 aliphatic rings. The van der Waals surface area contributed by atoms with Gasteiger partial charge in [0.15, 0.2) is 16.6 Å². The van der Waals surface area contributed by atoms with E-state index < -0.39 is 39.0 Å². The van der Waals surface area contributed by atoms with E-state index >= 15 is 0 Å². The van der Waals surface area contributed by atoms with Crippen LogP contribution in [0.3, 0.4) is 0 Å². The third-order valence-corrected chi connectivity index (χ3v) is 4.70. The van der Waals surface area contributed by atoms with Gasteiger partial charge in [-0.05, 0) is 12.1 Å². The number of nitrogens with zero attached hydrogens (tertiary/aromatic N) is 2. The topological polar surface area (TPSA) is 172 Å². The number of aliphatic carboxylic acids is 1. The second-order valence-corrected chi connectivity index (χ2v) is 7.15. The van der Waals surface area contributed by atoms with Crippen molar-refractivity contribution in [3.63, 3.8) is 0 Å². The first kappa shape index (κ1) is 17.5. The lowest BCUT2D eigenvalue weighted by atomic mass is 10.3. The van der Waals surface area contributed by atoms with E-state index in [1.807, 2.05) is 0 Å². The van der Waals surface area contributed by atoms with Crippen molar-refractivity contribution in [2.24, 2.45) is 5.16 Å². The molecule has 0 spiro atoms. The zero-order chi connectivity index (χ0) is 17.9. The van der Waals surface area contributed by atoms with Gasteiger partial charge in [-0.1, -0.05) is 5.16 Å². The number of rotatable bonds is 6. The molecule has 0 saturated heterocycles. The number of phenolic OH excluding ortho intramolecular Hbond substituents is 2. The number of phenols is 2. The number of carboxylic acid groups (broad SMARTS) is 1. The quantitative estimate of drug-likeness (QED) is 0.317. The number of hydrogen-bond acceptors (Lipinski definition) is 10. The molecule has 10 nitrogen and oxygen atoms in total. The Morgan fingerprint density at radius 2 is 2.04 bits per heavy atom. The molecular weight excluding hydrogens is 362 g/mol. The molecule has 1 heterocycles. The molecule has 0 radical (unpaired) electrons. The van der Waals surface area contributed by atoms with Gasteiger partial charge >= 0.3 is 5.97 Å². The summed E-state index contributed by atoms with van der Waals surface area (Å²) >= 11 is 0.986. The van der Waals surface area contributed by atoms with Gasteiger partial charge in [-0.2, -0.15) is 0 Å². The summed E-state index contributed by atoms with van der Waals surface area (Å²) in [5.41, 5.74) is 4.73. The third kappa shape index (κ3) is 3.91. The highest BCUT2D eigenvalue weighted by Gasteiger charge is 2.20. The number of carbonyl (C=O) groups is 1.